The van der Waals surface area contributed by atoms with Gasteiger partial charge in [0.05, 0.1) is 17.1 Å². The Hall–Kier alpha value is -3.76. The van der Waals surface area contributed by atoms with E-state index in [1.54, 1.807) is 36.4 Å². The van der Waals surface area contributed by atoms with Crippen LogP contribution in [0.4, 0.5) is 10.8 Å². The molecule has 1 aromatic heterocycles. The van der Waals surface area contributed by atoms with E-state index in [0.717, 1.165) is 22.3 Å². The van der Waals surface area contributed by atoms with Gasteiger partial charge in [0.1, 0.15) is 10.8 Å². The fraction of sp³-hybridized carbons (Fsp3) is 0.192. The predicted octanol–water partition coefficient (Wildman–Crippen LogP) is 4.73. The molecule has 0 saturated heterocycles. The van der Waals surface area contributed by atoms with Gasteiger partial charge in [-0.25, -0.2) is 8.42 Å². The van der Waals surface area contributed by atoms with Crippen LogP contribution in [0.2, 0.25) is 0 Å². The Morgan fingerprint density at radius 2 is 1.58 bits per heavy atom. The van der Waals surface area contributed by atoms with Gasteiger partial charge >= 0.3 is 0 Å². The number of aromatic nitrogens is 2. The minimum atomic E-state index is -3.94. The largest absolute Gasteiger partial charge is 0.476 e. The number of rotatable bonds is 5. The molecule has 0 spiro atoms. The number of benzene rings is 3. The van der Waals surface area contributed by atoms with Crippen molar-refractivity contribution in [1.29, 1.82) is 0 Å². The van der Waals surface area contributed by atoms with Crippen LogP contribution in [0.25, 0.3) is 10.6 Å². The number of amides is 1. The minimum absolute atomic E-state index is 0.147. The maximum Gasteiger partial charge on any atom is 0.269 e. The number of nitrogens with one attached hydrogen (secondary N) is 1. The summed E-state index contributed by atoms with van der Waals surface area (Å²) in [6, 6.07) is 19.7. The molecular formula is C26H24N4O4S2. The third kappa shape index (κ3) is 4.69. The molecule has 1 atom stereocenters. The van der Waals surface area contributed by atoms with Gasteiger partial charge in [0.15, 0.2) is 6.10 Å². The van der Waals surface area contributed by atoms with Gasteiger partial charge in [-0.2, -0.15) is 0 Å². The summed E-state index contributed by atoms with van der Waals surface area (Å²) in [6.07, 6.45) is -1.08. The molecule has 36 heavy (non-hydrogen) atoms. The van der Waals surface area contributed by atoms with E-state index in [2.05, 4.69) is 15.5 Å². The van der Waals surface area contributed by atoms with Gasteiger partial charge in [0.2, 0.25) is 5.13 Å². The maximum absolute atomic E-state index is 13.6. The summed E-state index contributed by atoms with van der Waals surface area (Å²) in [7, 11) is -3.94. The molecule has 1 N–H and O–H groups in total. The van der Waals surface area contributed by atoms with Crippen molar-refractivity contribution >= 4 is 38.1 Å². The van der Waals surface area contributed by atoms with E-state index < -0.39 is 22.0 Å². The molecule has 184 valence electrons. The zero-order valence-electron chi connectivity index (χ0n) is 19.9. The van der Waals surface area contributed by atoms with E-state index in [1.165, 1.54) is 15.6 Å². The number of hydrogen-bond donors (Lipinski definition) is 1. The average Bonchev–Trinajstić information content (AvgIpc) is 3.32. The first-order chi connectivity index (χ1) is 17.2. The lowest BCUT2D eigenvalue weighted by Crippen LogP contribution is -2.48. The van der Waals surface area contributed by atoms with Crippen molar-refractivity contribution < 1.29 is 17.9 Å². The molecule has 8 nitrogen and oxygen atoms in total. The molecule has 1 amide bonds. The van der Waals surface area contributed by atoms with E-state index >= 15 is 0 Å². The molecule has 0 bridgehead atoms. The van der Waals surface area contributed by atoms with Crippen molar-refractivity contribution in [3.05, 3.63) is 83.4 Å². The van der Waals surface area contributed by atoms with Gasteiger partial charge in [0, 0.05) is 5.56 Å². The molecule has 0 radical (unpaired) electrons. The first-order valence-corrected chi connectivity index (χ1v) is 13.5. The van der Waals surface area contributed by atoms with Gasteiger partial charge in [0.25, 0.3) is 15.9 Å². The van der Waals surface area contributed by atoms with E-state index in [-0.39, 0.29) is 11.4 Å². The van der Waals surface area contributed by atoms with Crippen molar-refractivity contribution in [2.75, 3.05) is 16.2 Å². The molecule has 0 unspecified atom stereocenters. The highest BCUT2D eigenvalue weighted by molar-refractivity contribution is 7.92. The van der Waals surface area contributed by atoms with Crippen LogP contribution in [0.5, 0.6) is 5.75 Å². The molecule has 1 aliphatic rings. The molecule has 4 aromatic rings. The van der Waals surface area contributed by atoms with Crippen LogP contribution in [0.3, 0.4) is 0 Å². The van der Waals surface area contributed by atoms with Crippen LogP contribution in [0.15, 0.2) is 71.6 Å². The summed E-state index contributed by atoms with van der Waals surface area (Å²) >= 11 is 1.23. The summed E-state index contributed by atoms with van der Waals surface area (Å²) in [4.78, 5) is 13.3. The lowest BCUT2D eigenvalue weighted by atomic mass is 10.1. The second kappa shape index (κ2) is 9.36. The van der Waals surface area contributed by atoms with Crippen LogP contribution in [-0.4, -0.2) is 37.2 Å². The number of hydrogen-bond acceptors (Lipinski definition) is 7. The standard InChI is InChI=1S/C26H24N4O4S2/c1-16-4-9-19(10-5-16)25-28-29-26(35-25)27-24(31)23-15-30(21-14-18(3)8-13-22(21)34-23)36(32,33)20-11-6-17(2)7-12-20/h4-14,23H,15H2,1-3H3,(H,27,29,31)/t23-/m0/s1. The Morgan fingerprint density at radius 1 is 0.944 bits per heavy atom. The lowest BCUT2D eigenvalue weighted by Gasteiger charge is -2.34. The quantitative estimate of drug-likeness (QED) is 0.408. The van der Waals surface area contributed by atoms with Gasteiger partial charge in [-0.1, -0.05) is 64.9 Å². The van der Waals surface area contributed by atoms with Crippen molar-refractivity contribution in [3.63, 3.8) is 0 Å². The van der Waals surface area contributed by atoms with Gasteiger partial charge in [-0.05, 0) is 50.6 Å². The van der Waals surface area contributed by atoms with Gasteiger partial charge in [-0.15, -0.1) is 10.2 Å². The SMILES string of the molecule is Cc1ccc(-c2nnc(NC(=O)[C@@H]3CN(S(=O)(=O)c4ccc(C)cc4)c4cc(C)ccc4O3)s2)cc1. The van der Waals surface area contributed by atoms with Crippen LogP contribution >= 0.6 is 11.3 Å². The third-order valence-electron chi connectivity index (χ3n) is 5.84. The number of nitrogens with zero attached hydrogens (tertiary/aromatic N) is 3. The summed E-state index contributed by atoms with van der Waals surface area (Å²) in [6.45, 7) is 5.59. The normalized spacial score (nSPS) is 15.2. The van der Waals surface area contributed by atoms with E-state index in [1.807, 2.05) is 51.1 Å². The fourth-order valence-corrected chi connectivity index (χ4v) is 6.06. The van der Waals surface area contributed by atoms with Crippen molar-refractivity contribution in [3.8, 4) is 16.3 Å². The van der Waals surface area contributed by atoms with E-state index in [9.17, 15) is 13.2 Å². The maximum atomic E-state index is 13.6. The summed E-state index contributed by atoms with van der Waals surface area (Å²) in [5.74, 6) is -0.183. The first-order valence-electron chi connectivity index (χ1n) is 11.3. The van der Waals surface area contributed by atoms with Crippen LogP contribution < -0.4 is 14.4 Å². The summed E-state index contributed by atoms with van der Waals surface area (Å²) in [5.41, 5.74) is 4.25. The number of ether oxygens (including phenoxy) is 1. The lowest BCUT2D eigenvalue weighted by molar-refractivity contribution is -0.122. The van der Waals surface area contributed by atoms with Crippen molar-refractivity contribution in [2.24, 2.45) is 0 Å². The zero-order valence-corrected chi connectivity index (χ0v) is 21.6. The highest BCUT2D eigenvalue weighted by Crippen LogP contribution is 2.38. The molecule has 0 fully saturated rings. The Morgan fingerprint density at radius 3 is 2.28 bits per heavy atom. The van der Waals surface area contributed by atoms with Crippen molar-refractivity contribution in [2.45, 2.75) is 31.8 Å². The molecule has 3 aromatic carbocycles. The highest BCUT2D eigenvalue weighted by Gasteiger charge is 2.38. The second-order valence-corrected chi connectivity index (χ2v) is 11.5. The highest BCUT2D eigenvalue weighted by atomic mass is 32.2. The molecule has 10 heteroatoms. The summed E-state index contributed by atoms with van der Waals surface area (Å²) < 4.78 is 34.4. The monoisotopic (exact) mass is 520 g/mol. The Bertz CT molecular complexity index is 1530. The first kappa shape index (κ1) is 24.0. The van der Waals surface area contributed by atoms with Gasteiger partial charge < -0.3 is 4.74 Å². The number of sulfonamides is 1. The number of anilines is 2. The number of carbonyl (C=O) groups excluding carboxylic acids is 1. The molecular weight excluding hydrogens is 496 g/mol. The fourth-order valence-electron chi connectivity index (χ4n) is 3.84. The minimum Gasteiger partial charge on any atom is -0.476 e. The van der Waals surface area contributed by atoms with E-state index in [4.69, 9.17) is 4.74 Å². The number of fused-ring (bicyclic) bond motifs is 1. The van der Waals surface area contributed by atoms with E-state index in [0.29, 0.717) is 21.6 Å². The Balaban J connectivity index is 1.42. The molecule has 0 saturated carbocycles. The molecule has 5 rings (SSSR count). The zero-order chi connectivity index (χ0) is 25.4. The average molecular weight is 521 g/mol. The molecule has 1 aliphatic heterocycles. The predicted molar refractivity (Wildman–Crippen MR) is 140 cm³/mol. The van der Waals surface area contributed by atoms with Crippen molar-refractivity contribution in [1.82, 2.24) is 10.2 Å². The Kier molecular flexibility index (Phi) is 6.23. The Labute approximate surface area is 213 Å². The third-order valence-corrected chi connectivity index (χ3v) is 8.52. The van der Waals surface area contributed by atoms with Crippen LogP contribution in [0.1, 0.15) is 16.7 Å². The topological polar surface area (TPSA) is 101 Å². The smallest absolute Gasteiger partial charge is 0.269 e. The summed E-state index contributed by atoms with van der Waals surface area (Å²) in [5, 5.41) is 12.0. The second-order valence-electron chi connectivity index (χ2n) is 8.69. The van der Waals surface area contributed by atoms with Crippen LogP contribution in [0, 0.1) is 20.8 Å². The van der Waals surface area contributed by atoms with Crippen LogP contribution in [-0.2, 0) is 14.8 Å². The van der Waals surface area contributed by atoms with Gasteiger partial charge in [-0.3, -0.25) is 14.4 Å². The molecule has 0 aliphatic carbocycles. The molecule has 2 heterocycles. The number of aryl methyl sites for hydroxylation is 3. The number of carbonyl (C=O) groups is 1.